The van der Waals surface area contributed by atoms with Crippen LogP contribution in [-0.4, -0.2) is 54.0 Å². The van der Waals surface area contributed by atoms with E-state index in [0.29, 0.717) is 17.7 Å². The predicted molar refractivity (Wildman–Crippen MR) is 85.3 cm³/mol. The lowest BCUT2D eigenvalue weighted by atomic mass is 10.1. The van der Waals surface area contributed by atoms with Crippen LogP contribution in [0.1, 0.15) is 52.8 Å². The van der Waals surface area contributed by atoms with Crippen LogP contribution in [0.4, 0.5) is 0 Å². The highest BCUT2D eigenvalue weighted by Gasteiger charge is 2.20. The third-order valence-electron chi connectivity index (χ3n) is 4.40. The van der Waals surface area contributed by atoms with Crippen molar-refractivity contribution in [1.29, 1.82) is 0 Å². The Balaban J connectivity index is 1.61. The fraction of sp³-hybridized carbons (Fsp3) is 0.588. The lowest BCUT2D eigenvalue weighted by Crippen LogP contribution is -2.36. The van der Waals surface area contributed by atoms with Gasteiger partial charge in [-0.1, -0.05) is 0 Å². The molecule has 0 radical (unpaired) electrons. The lowest BCUT2D eigenvalue weighted by Gasteiger charge is -2.26. The number of rotatable bonds is 4. The smallest absolute Gasteiger partial charge is 0.255 e. The third kappa shape index (κ3) is 4.07. The maximum absolute atomic E-state index is 12.5. The summed E-state index contributed by atoms with van der Waals surface area (Å²) >= 11 is 0. The van der Waals surface area contributed by atoms with Gasteiger partial charge in [0.2, 0.25) is 0 Å². The first kappa shape index (κ1) is 15.9. The zero-order valence-electron chi connectivity index (χ0n) is 13.3. The summed E-state index contributed by atoms with van der Waals surface area (Å²) in [6.07, 6.45) is 8.42. The summed E-state index contributed by atoms with van der Waals surface area (Å²) in [6, 6.07) is 1.63. The Morgan fingerprint density at radius 3 is 2.70 bits per heavy atom. The van der Waals surface area contributed by atoms with Gasteiger partial charge in [0, 0.05) is 38.6 Å². The van der Waals surface area contributed by atoms with Crippen LogP contribution >= 0.6 is 0 Å². The molecular formula is C17H23N3O3. The van der Waals surface area contributed by atoms with Crippen molar-refractivity contribution < 1.29 is 14.3 Å². The Morgan fingerprint density at radius 1 is 1.17 bits per heavy atom. The van der Waals surface area contributed by atoms with Crippen LogP contribution < -0.4 is 5.32 Å². The number of carbonyl (C=O) groups excluding carboxylic acids is 2. The van der Waals surface area contributed by atoms with E-state index in [0.717, 1.165) is 45.4 Å². The maximum atomic E-state index is 12.5. The molecule has 23 heavy (non-hydrogen) atoms. The van der Waals surface area contributed by atoms with Gasteiger partial charge >= 0.3 is 0 Å². The van der Waals surface area contributed by atoms with Gasteiger partial charge in [0.15, 0.2) is 0 Å². The van der Waals surface area contributed by atoms with Crippen LogP contribution in [0.15, 0.2) is 18.5 Å². The molecule has 2 saturated heterocycles. The minimum atomic E-state index is -0.207. The van der Waals surface area contributed by atoms with Gasteiger partial charge in [0.1, 0.15) is 0 Å². The number of pyridine rings is 1. The number of aromatic nitrogens is 1. The first-order chi connectivity index (χ1) is 11.2. The molecule has 2 fully saturated rings. The number of ether oxygens (including phenoxy) is 1. The lowest BCUT2D eigenvalue weighted by molar-refractivity contribution is 0.0724. The zero-order valence-corrected chi connectivity index (χ0v) is 13.3. The van der Waals surface area contributed by atoms with E-state index in [1.165, 1.54) is 18.8 Å². The topological polar surface area (TPSA) is 71.5 Å². The summed E-state index contributed by atoms with van der Waals surface area (Å²) in [4.78, 5) is 30.6. The molecule has 6 nitrogen and oxygen atoms in total. The van der Waals surface area contributed by atoms with E-state index in [-0.39, 0.29) is 17.9 Å². The number of nitrogens with one attached hydrogen (secondary N) is 1. The Labute approximate surface area is 136 Å². The molecule has 2 amide bonds. The highest BCUT2D eigenvalue weighted by atomic mass is 16.5. The van der Waals surface area contributed by atoms with Gasteiger partial charge in [-0.25, -0.2) is 0 Å². The van der Waals surface area contributed by atoms with Crippen molar-refractivity contribution in [2.75, 3.05) is 26.2 Å². The molecule has 0 bridgehead atoms. The van der Waals surface area contributed by atoms with Crippen LogP contribution in [0.5, 0.6) is 0 Å². The van der Waals surface area contributed by atoms with Crippen LogP contribution in [0.3, 0.4) is 0 Å². The summed E-state index contributed by atoms with van der Waals surface area (Å²) < 4.78 is 5.49. The van der Waals surface area contributed by atoms with E-state index in [1.807, 2.05) is 4.90 Å². The number of nitrogens with zero attached hydrogens (tertiary/aromatic N) is 2. The van der Waals surface area contributed by atoms with Crippen molar-refractivity contribution in [3.05, 3.63) is 29.6 Å². The Morgan fingerprint density at radius 2 is 1.96 bits per heavy atom. The molecule has 0 saturated carbocycles. The molecule has 1 aromatic heterocycles. The van der Waals surface area contributed by atoms with Crippen molar-refractivity contribution in [1.82, 2.24) is 15.2 Å². The number of piperidine rings is 1. The van der Waals surface area contributed by atoms with Gasteiger partial charge in [-0.15, -0.1) is 0 Å². The third-order valence-corrected chi connectivity index (χ3v) is 4.40. The second-order valence-corrected chi connectivity index (χ2v) is 6.16. The number of likely N-dealkylation sites (tertiary alicyclic amines) is 1. The quantitative estimate of drug-likeness (QED) is 0.916. The van der Waals surface area contributed by atoms with Crippen molar-refractivity contribution in [2.45, 2.75) is 38.2 Å². The van der Waals surface area contributed by atoms with E-state index in [4.69, 9.17) is 4.74 Å². The molecule has 0 spiro atoms. The van der Waals surface area contributed by atoms with E-state index in [2.05, 4.69) is 10.3 Å². The normalized spacial score (nSPS) is 21.2. The standard InChI is InChI=1S/C17H23N3O3/c21-16(19-12-15-5-4-8-23-15)13-9-14(11-18-10-13)17(22)20-6-2-1-3-7-20/h9-11,15H,1-8,12H2,(H,19,21). The summed E-state index contributed by atoms with van der Waals surface area (Å²) in [5.41, 5.74) is 0.905. The SMILES string of the molecule is O=C(NCC1CCCO1)c1cncc(C(=O)N2CCCCC2)c1. The summed E-state index contributed by atoms with van der Waals surface area (Å²) in [6.45, 7) is 2.84. The summed E-state index contributed by atoms with van der Waals surface area (Å²) in [5.74, 6) is -0.243. The maximum Gasteiger partial charge on any atom is 0.255 e. The van der Waals surface area contributed by atoms with E-state index < -0.39 is 0 Å². The van der Waals surface area contributed by atoms with Crippen LogP contribution in [0, 0.1) is 0 Å². The Bertz CT molecular complexity index is 564. The second-order valence-electron chi connectivity index (χ2n) is 6.16. The fourth-order valence-corrected chi connectivity index (χ4v) is 3.07. The number of carbonyl (C=O) groups is 2. The molecule has 3 heterocycles. The van der Waals surface area contributed by atoms with E-state index in [1.54, 1.807) is 6.07 Å². The molecule has 1 unspecified atom stereocenters. The molecule has 0 aromatic carbocycles. The molecule has 124 valence electrons. The average molecular weight is 317 g/mol. The molecule has 1 N–H and O–H groups in total. The van der Waals surface area contributed by atoms with E-state index in [9.17, 15) is 9.59 Å². The van der Waals surface area contributed by atoms with Gasteiger partial charge in [-0.3, -0.25) is 14.6 Å². The number of hydrogen-bond donors (Lipinski definition) is 1. The number of amides is 2. The van der Waals surface area contributed by atoms with Gasteiger partial charge in [-0.2, -0.15) is 0 Å². The van der Waals surface area contributed by atoms with Crippen LogP contribution in [0.2, 0.25) is 0 Å². The number of hydrogen-bond acceptors (Lipinski definition) is 4. The minimum Gasteiger partial charge on any atom is -0.376 e. The van der Waals surface area contributed by atoms with Crippen molar-refractivity contribution in [2.24, 2.45) is 0 Å². The van der Waals surface area contributed by atoms with Crippen LogP contribution in [-0.2, 0) is 4.74 Å². The molecule has 3 rings (SSSR count). The van der Waals surface area contributed by atoms with Gasteiger partial charge in [0.25, 0.3) is 11.8 Å². The van der Waals surface area contributed by atoms with Gasteiger partial charge in [0.05, 0.1) is 17.2 Å². The zero-order chi connectivity index (χ0) is 16.1. The van der Waals surface area contributed by atoms with Crippen molar-refractivity contribution in [3.8, 4) is 0 Å². The monoisotopic (exact) mass is 317 g/mol. The largest absolute Gasteiger partial charge is 0.376 e. The van der Waals surface area contributed by atoms with Crippen LogP contribution in [0.25, 0.3) is 0 Å². The van der Waals surface area contributed by atoms with E-state index >= 15 is 0 Å². The highest BCUT2D eigenvalue weighted by Crippen LogP contribution is 2.14. The fourth-order valence-electron chi connectivity index (χ4n) is 3.07. The van der Waals surface area contributed by atoms with Crippen molar-refractivity contribution in [3.63, 3.8) is 0 Å². The molecule has 1 atom stereocenters. The molecule has 6 heteroatoms. The first-order valence-electron chi connectivity index (χ1n) is 8.38. The Hall–Kier alpha value is -1.95. The minimum absolute atomic E-state index is 0.0361. The molecule has 2 aliphatic heterocycles. The molecule has 2 aliphatic rings. The first-order valence-corrected chi connectivity index (χ1v) is 8.38. The van der Waals surface area contributed by atoms with Crippen molar-refractivity contribution >= 4 is 11.8 Å². The molecule has 0 aliphatic carbocycles. The van der Waals surface area contributed by atoms with Gasteiger partial charge < -0.3 is 15.0 Å². The average Bonchev–Trinajstić information content (AvgIpc) is 3.13. The second kappa shape index (κ2) is 7.55. The molecular weight excluding hydrogens is 294 g/mol. The Kier molecular flexibility index (Phi) is 5.23. The molecule has 1 aromatic rings. The summed E-state index contributed by atoms with van der Waals surface area (Å²) in [7, 11) is 0. The summed E-state index contributed by atoms with van der Waals surface area (Å²) in [5, 5.41) is 2.86. The highest BCUT2D eigenvalue weighted by molar-refractivity contribution is 5.99. The van der Waals surface area contributed by atoms with Gasteiger partial charge in [-0.05, 0) is 38.2 Å². The predicted octanol–water partition coefficient (Wildman–Crippen LogP) is 1.62.